The molecule has 4 aromatic heterocycles. The highest BCUT2D eigenvalue weighted by Gasteiger charge is 2.18. The number of rotatable bonds is 3. The van der Waals surface area contributed by atoms with Gasteiger partial charge in [0.05, 0.1) is 5.69 Å². The smallest absolute Gasteiger partial charge is 0.284 e. The van der Waals surface area contributed by atoms with Gasteiger partial charge >= 0.3 is 0 Å². The van der Waals surface area contributed by atoms with Gasteiger partial charge in [0.2, 0.25) is 0 Å². The molecule has 5 nitrogen and oxygen atoms in total. The molecule has 0 aliphatic heterocycles. The van der Waals surface area contributed by atoms with Gasteiger partial charge in [0, 0.05) is 37.5 Å². The highest BCUT2D eigenvalue weighted by atomic mass is 32.1. The van der Waals surface area contributed by atoms with Crippen molar-refractivity contribution in [1.82, 2.24) is 19.4 Å². The minimum atomic E-state index is -0.343. The van der Waals surface area contributed by atoms with Crippen LogP contribution >= 0.6 is 11.3 Å². The number of aromatic nitrogens is 4. The van der Waals surface area contributed by atoms with E-state index in [0.717, 1.165) is 22.3 Å². The van der Waals surface area contributed by atoms with E-state index >= 15 is 0 Å². The van der Waals surface area contributed by atoms with Crippen molar-refractivity contribution in [2.24, 2.45) is 0 Å². The molecule has 0 saturated heterocycles. The van der Waals surface area contributed by atoms with Crippen molar-refractivity contribution < 1.29 is 0 Å². The average Bonchev–Trinajstić information content (AvgIpc) is 3.39. The highest BCUT2D eigenvalue weighted by molar-refractivity contribution is 7.25. The molecule has 4 aromatic carbocycles. The van der Waals surface area contributed by atoms with Gasteiger partial charge in [0.25, 0.3) is 5.56 Å². The summed E-state index contributed by atoms with van der Waals surface area (Å²) >= 11 is 1.80. The first kappa shape index (κ1) is 22.8. The molecule has 0 bridgehead atoms. The van der Waals surface area contributed by atoms with E-state index < -0.39 is 0 Å². The van der Waals surface area contributed by atoms with Gasteiger partial charge in [-0.05, 0) is 41.5 Å². The Hall–Kier alpha value is -5.20. The molecule has 0 fully saturated rings. The van der Waals surface area contributed by atoms with Gasteiger partial charge in [-0.1, -0.05) is 84.9 Å². The van der Waals surface area contributed by atoms with Crippen LogP contribution in [0, 0.1) is 0 Å². The first-order chi connectivity index (χ1) is 19.7. The second-order valence-corrected chi connectivity index (χ2v) is 10.8. The number of hydrogen-bond acceptors (Lipinski definition) is 5. The number of hydrogen-bond donors (Lipinski definition) is 0. The van der Waals surface area contributed by atoms with Crippen LogP contribution in [0.15, 0.2) is 126 Å². The van der Waals surface area contributed by atoms with Crippen molar-refractivity contribution in [2.45, 2.75) is 0 Å². The van der Waals surface area contributed by atoms with Crippen LogP contribution in [0.5, 0.6) is 0 Å². The molecule has 6 heteroatoms. The molecule has 40 heavy (non-hydrogen) atoms. The predicted octanol–water partition coefficient (Wildman–Crippen LogP) is 8.01. The number of nitrogens with zero attached hydrogens (tertiary/aromatic N) is 4. The van der Waals surface area contributed by atoms with Crippen molar-refractivity contribution in [3.63, 3.8) is 0 Å². The summed E-state index contributed by atoms with van der Waals surface area (Å²) in [6.45, 7) is 0. The maximum Gasteiger partial charge on any atom is 0.284 e. The molecular formula is C34H20N4OS. The van der Waals surface area contributed by atoms with Crippen LogP contribution in [0.4, 0.5) is 0 Å². The summed E-state index contributed by atoms with van der Waals surface area (Å²) in [5.41, 5.74) is 5.11. The summed E-state index contributed by atoms with van der Waals surface area (Å²) in [5.74, 6) is 0.560. The molecule has 0 amide bonds. The fraction of sp³-hybridized carbons (Fsp3) is 0. The Labute approximate surface area is 232 Å². The minimum Gasteiger partial charge on any atom is -0.285 e. The largest absolute Gasteiger partial charge is 0.285 e. The molecule has 0 atom stereocenters. The van der Waals surface area contributed by atoms with E-state index in [9.17, 15) is 4.79 Å². The molecular weight excluding hydrogens is 512 g/mol. The highest BCUT2D eigenvalue weighted by Crippen LogP contribution is 2.36. The molecule has 0 N–H and O–H groups in total. The van der Waals surface area contributed by atoms with Gasteiger partial charge in [-0.15, -0.1) is 11.3 Å². The van der Waals surface area contributed by atoms with Gasteiger partial charge in [0.15, 0.2) is 11.5 Å². The van der Waals surface area contributed by atoms with Gasteiger partial charge < -0.3 is 0 Å². The average molecular weight is 533 g/mol. The number of benzene rings is 4. The molecule has 188 valence electrons. The molecule has 0 saturated carbocycles. The lowest BCUT2D eigenvalue weighted by Crippen LogP contribution is -2.14. The summed E-state index contributed by atoms with van der Waals surface area (Å²) in [4.78, 5) is 27.8. The van der Waals surface area contributed by atoms with Gasteiger partial charge in [-0.2, -0.15) is 4.98 Å². The van der Waals surface area contributed by atoms with Crippen LogP contribution < -0.4 is 5.56 Å². The zero-order valence-corrected chi connectivity index (χ0v) is 22.0. The minimum absolute atomic E-state index is 0.343. The first-order valence-corrected chi connectivity index (χ1v) is 13.8. The zero-order valence-electron chi connectivity index (χ0n) is 21.2. The Morgan fingerprint density at radius 3 is 2.10 bits per heavy atom. The summed E-state index contributed by atoms with van der Waals surface area (Å²) in [5, 5.41) is 2.89. The fourth-order valence-corrected chi connectivity index (χ4v) is 6.43. The van der Waals surface area contributed by atoms with E-state index in [1.807, 2.05) is 77.3 Å². The number of fused-ring (bicyclic) bond motifs is 6. The van der Waals surface area contributed by atoms with Crippen molar-refractivity contribution in [1.29, 1.82) is 0 Å². The number of thiophene rings is 1. The van der Waals surface area contributed by atoms with E-state index in [4.69, 9.17) is 9.97 Å². The third-order valence-corrected chi connectivity index (χ3v) is 8.42. The molecule has 0 aliphatic rings. The standard InChI is InChI=1S/C34H20N4OS/c39-34-30-31(21-9-3-1-4-10-21)36-32(22-11-5-2-6-12-22)37-33(30)38-18-17-24(20-29(38)35-34)23-15-16-28-26(19-23)25-13-7-8-14-27(25)40-28/h1-20H. The second kappa shape index (κ2) is 8.93. The van der Waals surface area contributed by atoms with Gasteiger partial charge in [-0.3, -0.25) is 9.20 Å². The SMILES string of the molecule is O=c1nc2cc(-c3ccc4sc5ccccc5c4c3)ccn2c2nc(-c3ccccc3)nc(-c3ccccc3)c12. The molecule has 4 heterocycles. The van der Waals surface area contributed by atoms with E-state index in [1.165, 1.54) is 20.2 Å². The van der Waals surface area contributed by atoms with Crippen LogP contribution in [-0.2, 0) is 0 Å². The van der Waals surface area contributed by atoms with Crippen molar-refractivity contribution in [3.05, 3.63) is 132 Å². The lowest BCUT2D eigenvalue weighted by Gasteiger charge is -2.12. The summed E-state index contributed by atoms with van der Waals surface area (Å²) < 4.78 is 4.42. The zero-order chi connectivity index (χ0) is 26.6. The predicted molar refractivity (Wildman–Crippen MR) is 164 cm³/mol. The van der Waals surface area contributed by atoms with E-state index in [0.29, 0.717) is 28.2 Å². The van der Waals surface area contributed by atoms with Crippen LogP contribution in [0.25, 0.3) is 70.6 Å². The van der Waals surface area contributed by atoms with Crippen LogP contribution in [0.3, 0.4) is 0 Å². The van der Waals surface area contributed by atoms with Crippen LogP contribution in [-0.4, -0.2) is 19.4 Å². The molecule has 0 radical (unpaired) electrons. The Balaban J connectivity index is 1.37. The Morgan fingerprint density at radius 2 is 1.27 bits per heavy atom. The summed E-state index contributed by atoms with van der Waals surface area (Å²) in [6, 6.07) is 38.6. The Kier molecular flexibility index (Phi) is 5.08. The van der Waals surface area contributed by atoms with E-state index in [2.05, 4.69) is 53.5 Å². The Morgan fingerprint density at radius 1 is 0.575 bits per heavy atom. The van der Waals surface area contributed by atoms with Crippen molar-refractivity contribution >= 4 is 48.2 Å². The lowest BCUT2D eigenvalue weighted by atomic mass is 10.0. The fourth-order valence-electron chi connectivity index (χ4n) is 5.34. The monoisotopic (exact) mass is 532 g/mol. The molecule has 8 rings (SSSR count). The molecule has 0 aliphatic carbocycles. The van der Waals surface area contributed by atoms with E-state index in [-0.39, 0.29) is 5.56 Å². The molecule has 0 spiro atoms. The van der Waals surface area contributed by atoms with Gasteiger partial charge in [-0.25, -0.2) is 9.97 Å². The second-order valence-electron chi connectivity index (χ2n) is 9.70. The first-order valence-electron chi connectivity index (χ1n) is 13.0. The summed E-state index contributed by atoms with van der Waals surface area (Å²) in [7, 11) is 0. The van der Waals surface area contributed by atoms with Crippen LogP contribution in [0.1, 0.15) is 0 Å². The quantitative estimate of drug-likeness (QED) is 0.216. The normalized spacial score (nSPS) is 11.6. The van der Waals surface area contributed by atoms with Crippen molar-refractivity contribution in [2.75, 3.05) is 0 Å². The molecule has 0 unspecified atom stereocenters. The lowest BCUT2D eigenvalue weighted by molar-refractivity contribution is 1.08. The third kappa shape index (κ3) is 3.61. The van der Waals surface area contributed by atoms with E-state index in [1.54, 1.807) is 11.3 Å². The van der Waals surface area contributed by atoms with Crippen molar-refractivity contribution in [3.8, 4) is 33.8 Å². The molecule has 8 aromatic rings. The maximum absolute atomic E-state index is 13.6. The topological polar surface area (TPSA) is 60.2 Å². The summed E-state index contributed by atoms with van der Waals surface area (Å²) in [6.07, 6.45) is 1.95. The third-order valence-electron chi connectivity index (χ3n) is 7.27. The Bertz CT molecular complexity index is 2290. The van der Waals surface area contributed by atoms with Crippen LogP contribution in [0.2, 0.25) is 0 Å². The van der Waals surface area contributed by atoms with Gasteiger partial charge in [0.1, 0.15) is 11.0 Å². The number of pyridine rings is 1. The maximum atomic E-state index is 13.6.